The molecule has 0 aliphatic rings. The van der Waals surface area contributed by atoms with Gasteiger partial charge in [-0.15, -0.1) is 0 Å². The van der Waals surface area contributed by atoms with E-state index in [-0.39, 0.29) is 0 Å². The number of aliphatic hydroxyl groups is 2. The molecule has 0 aliphatic carbocycles. The van der Waals surface area contributed by atoms with E-state index in [1.807, 2.05) is 0 Å². The van der Waals surface area contributed by atoms with Gasteiger partial charge in [-0.3, -0.25) is 4.57 Å². The molecule has 0 saturated carbocycles. The highest BCUT2D eigenvalue weighted by molar-refractivity contribution is 7.30. The molecule has 0 heterocycles. The zero-order chi connectivity index (χ0) is 10.6. The van der Waals surface area contributed by atoms with Crippen molar-refractivity contribution >= 4 is 8.25 Å². The Kier molecular flexibility index (Phi) is 6.01. The molecule has 0 unspecified atom stereocenters. The molecule has 0 spiro atoms. The van der Waals surface area contributed by atoms with Crippen molar-refractivity contribution in [2.45, 2.75) is 38.9 Å². The van der Waals surface area contributed by atoms with Crippen LogP contribution in [0.1, 0.15) is 27.7 Å². The molecule has 0 aliphatic heterocycles. The second-order valence-corrected chi connectivity index (χ2v) is 3.97. The Morgan fingerprint density at radius 3 is 1.00 bits per heavy atom. The molecule has 6 heteroatoms. The summed E-state index contributed by atoms with van der Waals surface area (Å²) in [5.41, 5.74) is -2.01. The van der Waals surface area contributed by atoms with Gasteiger partial charge in [-0.2, -0.15) is 0 Å². The van der Waals surface area contributed by atoms with Crippen LogP contribution < -0.4 is 0 Å². The van der Waals surface area contributed by atoms with Crippen LogP contribution in [0.25, 0.3) is 0 Å². The van der Waals surface area contributed by atoms with Crippen molar-refractivity contribution in [3.63, 3.8) is 0 Å². The van der Waals surface area contributed by atoms with E-state index in [0.29, 0.717) is 0 Å². The van der Waals surface area contributed by atoms with Crippen LogP contribution >= 0.6 is 8.25 Å². The maximum absolute atomic E-state index is 9.10. The third-order valence-corrected chi connectivity index (χ3v) is 1.50. The van der Waals surface area contributed by atoms with Crippen LogP contribution in [-0.2, 0) is 4.57 Å². The van der Waals surface area contributed by atoms with Gasteiger partial charge in [0, 0.05) is 0 Å². The molecule has 0 aromatic heterocycles. The van der Waals surface area contributed by atoms with Gasteiger partial charge in [-0.1, -0.05) is 0 Å². The minimum Gasteiger partial charge on any atom is -0.387 e. The molecule has 5 nitrogen and oxygen atoms in total. The van der Waals surface area contributed by atoms with E-state index in [1.165, 1.54) is 0 Å². The molecular formula is C6H17O5P. The molecule has 0 amide bonds. The van der Waals surface area contributed by atoms with Gasteiger partial charge in [0.1, 0.15) is 0 Å². The fourth-order valence-electron chi connectivity index (χ4n) is 0. The lowest BCUT2D eigenvalue weighted by Crippen LogP contribution is -2.44. The van der Waals surface area contributed by atoms with Crippen molar-refractivity contribution in [1.29, 1.82) is 0 Å². The first-order valence-electron chi connectivity index (χ1n) is 3.35. The summed E-state index contributed by atoms with van der Waals surface area (Å²) in [6.07, 6.45) is 0. The number of hydrogen-bond acceptors (Lipinski definition) is 3. The predicted octanol–water partition coefficient (Wildman–Crippen LogP) is -0.111. The van der Waals surface area contributed by atoms with Crippen molar-refractivity contribution in [1.82, 2.24) is 0 Å². The zero-order valence-electron chi connectivity index (χ0n) is 7.70. The van der Waals surface area contributed by atoms with Gasteiger partial charge in [0.2, 0.25) is 0 Å². The minimum absolute atomic E-state index is 1.01. The lowest BCUT2D eigenvalue weighted by molar-refractivity contribution is -0.107. The summed E-state index contributed by atoms with van der Waals surface area (Å²) in [4.78, 5) is 14.3. The Balaban J connectivity index is 0. The van der Waals surface area contributed by atoms with Gasteiger partial charge in [0.25, 0.3) is 0 Å². The van der Waals surface area contributed by atoms with Crippen molar-refractivity contribution < 1.29 is 24.6 Å². The number of hydrogen-bond donors (Lipinski definition) is 4. The first-order chi connectivity index (χ1) is 4.98. The normalized spacial score (nSPS) is 12.4. The van der Waals surface area contributed by atoms with Crippen molar-refractivity contribution in [2.24, 2.45) is 0 Å². The second-order valence-electron chi connectivity index (χ2n) is 3.40. The van der Waals surface area contributed by atoms with E-state index in [0.717, 1.165) is 0 Å². The largest absolute Gasteiger partial charge is 0.387 e. The third kappa shape index (κ3) is 10.1. The van der Waals surface area contributed by atoms with Crippen LogP contribution in [0.4, 0.5) is 0 Å². The van der Waals surface area contributed by atoms with Crippen molar-refractivity contribution in [2.75, 3.05) is 0 Å². The molecule has 0 radical (unpaired) electrons. The van der Waals surface area contributed by atoms with E-state index < -0.39 is 19.5 Å². The highest BCUT2D eigenvalue weighted by atomic mass is 31.1. The molecule has 0 rings (SSSR count). The summed E-state index contributed by atoms with van der Waals surface area (Å²) in [7, 11) is -3.13. The van der Waals surface area contributed by atoms with Crippen LogP contribution in [0.5, 0.6) is 0 Å². The first kappa shape index (κ1) is 14.6. The highest BCUT2D eigenvalue weighted by Crippen LogP contribution is 2.19. The van der Waals surface area contributed by atoms with E-state index >= 15 is 0 Å². The maximum Gasteiger partial charge on any atom is 0.314 e. The number of rotatable bonds is 1. The van der Waals surface area contributed by atoms with E-state index in [2.05, 4.69) is 0 Å². The van der Waals surface area contributed by atoms with Gasteiger partial charge in [-0.05, 0) is 27.7 Å². The fourth-order valence-corrected chi connectivity index (χ4v) is 0. The molecule has 0 fully saturated rings. The van der Waals surface area contributed by atoms with Crippen LogP contribution in [0.15, 0.2) is 0 Å². The van der Waals surface area contributed by atoms with Gasteiger partial charge in [0.15, 0.2) is 0 Å². The van der Waals surface area contributed by atoms with Gasteiger partial charge >= 0.3 is 8.25 Å². The SMILES string of the molecule is CC(C)(O)C(C)(C)O.O=[PH](O)O. The van der Waals surface area contributed by atoms with E-state index in [1.54, 1.807) is 27.7 Å². The second kappa shape index (κ2) is 4.94. The Morgan fingerprint density at radius 2 is 1.00 bits per heavy atom. The molecular weight excluding hydrogens is 183 g/mol. The highest BCUT2D eigenvalue weighted by Gasteiger charge is 2.31. The molecule has 0 bridgehead atoms. The monoisotopic (exact) mass is 200 g/mol. The Hall–Kier alpha value is 0.0700. The fraction of sp³-hybridized carbons (Fsp3) is 1.00. The van der Waals surface area contributed by atoms with E-state index in [4.69, 9.17) is 24.6 Å². The van der Waals surface area contributed by atoms with Gasteiger partial charge in [0.05, 0.1) is 11.2 Å². The van der Waals surface area contributed by atoms with Gasteiger partial charge < -0.3 is 20.0 Å². The molecule has 4 N–H and O–H groups in total. The summed E-state index contributed by atoms with van der Waals surface area (Å²) >= 11 is 0. The molecule has 12 heavy (non-hydrogen) atoms. The Labute approximate surface area is 72.6 Å². The average molecular weight is 200 g/mol. The maximum atomic E-state index is 9.10. The van der Waals surface area contributed by atoms with E-state index in [9.17, 15) is 0 Å². The van der Waals surface area contributed by atoms with Gasteiger partial charge in [-0.25, -0.2) is 0 Å². The lowest BCUT2D eigenvalue weighted by atomic mass is 9.90. The summed E-state index contributed by atoms with van der Waals surface area (Å²) in [5.74, 6) is 0. The zero-order valence-corrected chi connectivity index (χ0v) is 8.70. The third-order valence-electron chi connectivity index (χ3n) is 1.50. The first-order valence-corrected chi connectivity index (χ1v) is 4.65. The standard InChI is InChI=1S/C6H14O2.H3O3P/c1-5(2,7)6(3,4)8;1-4(2)3/h7-8H,1-4H3;4H,(H2,1,2,3). The van der Waals surface area contributed by atoms with Crippen molar-refractivity contribution in [3.8, 4) is 0 Å². The molecule has 76 valence electrons. The van der Waals surface area contributed by atoms with Crippen molar-refractivity contribution in [3.05, 3.63) is 0 Å². The quantitative estimate of drug-likeness (QED) is 0.443. The van der Waals surface area contributed by atoms with Crippen LogP contribution in [0.3, 0.4) is 0 Å². The average Bonchev–Trinajstić information content (AvgIpc) is 1.55. The Morgan fingerprint density at radius 1 is 0.917 bits per heavy atom. The molecule has 0 saturated heterocycles. The minimum atomic E-state index is -3.13. The topological polar surface area (TPSA) is 98.0 Å². The summed E-state index contributed by atoms with van der Waals surface area (Å²) in [6.45, 7) is 6.31. The molecule has 0 aromatic rings. The summed E-state index contributed by atoms with van der Waals surface area (Å²) in [5, 5.41) is 18.2. The van der Waals surface area contributed by atoms with Crippen LogP contribution in [0.2, 0.25) is 0 Å². The summed E-state index contributed by atoms with van der Waals surface area (Å²) in [6, 6.07) is 0. The van der Waals surface area contributed by atoms with Crippen LogP contribution in [-0.4, -0.2) is 31.2 Å². The lowest BCUT2D eigenvalue weighted by Gasteiger charge is -2.31. The molecule has 0 aromatic carbocycles. The smallest absolute Gasteiger partial charge is 0.314 e. The Bertz CT molecular complexity index is 127. The summed E-state index contributed by atoms with van der Waals surface area (Å²) < 4.78 is 8.74. The predicted molar refractivity (Wildman–Crippen MR) is 46.0 cm³/mol. The van der Waals surface area contributed by atoms with Crippen LogP contribution in [0, 0.1) is 0 Å². The molecule has 0 atom stereocenters.